The van der Waals surface area contributed by atoms with Crippen LogP contribution in [-0.4, -0.2) is 77.0 Å². The van der Waals surface area contributed by atoms with Crippen LogP contribution in [0.4, 0.5) is 14.4 Å². The third-order valence-electron chi connectivity index (χ3n) is 4.53. The second-order valence-corrected chi connectivity index (χ2v) is 13.4. The Morgan fingerprint density at radius 3 is 1.27 bits per heavy atom. The molecule has 13 nitrogen and oxygen atoms in total. The molecule has 40 heavy (non-hydrogen) atoms. The predicted octanol–water partition coefficient (Wildman–Crippen LogP) is 4.47. The van der Waals surface area contributed by atoms with Gasteiger partial charge in [0.15, 0.2) is 10.2 Å². The largest absolute Gasteiger partial charge is 0.509 e. The molecule has 14 heteroatoms. The molecule has 0 saturated carbocycles. The molecule has 0 rings (SSSR count). The molecule has 0 aromatic carbocycles. The minimum atomic E-state index is -1.25. The molecule has 0 aliphatic carbocycles. The molecule has 0 bridgehead atoms. The van der Waals surface area contributed by atoms with Gasteiger partial charge in [-0.2, -0.15) is 0 Å². The average molecular weight is 689 g/mol. The van der Waals surface area contributed by atoms with Gasteiger partial charge < -0.3 is 39.1 Å². The molecule has 3 unspecified atom stereocenters. The van der Waals surface area contributed by atoms with Gasteiger partial charge in [0.25, 0.3) is 0 Å². The number of rotatable bonds is 12. The molecule has 0 spiro atoms. The highest BCUT2D eigenvalue weighted by atomic mass is 127. The number of hydrogen-bond acceptors (Lipinski definition) is 11. The first-order valence-electron chi connectivity index (χ1n) is 12.9. The lowest BCUT2D eigenvalue weighted by molar-refractivity contribution is -0.157. The number of amides is 2. The number of esters is 2. The van der Waals surface area contributed by atoms with Crippen LogP contribution in [0, 0.1) is 11.8 Å². The summed E-state index contributed by atoms with van der Waals surface area (Å²) in [5.41, 5.74) is -1.55. The summed E-state index contributed by atoms with van der Waals surface area (Å²) in [6, 6.07) is -2.13. The Bertz CT molecular complexity index is 806. The molecule has 3 atom stereocenters. The second-order valence-electron chi connectivity index (χ2n) is 11.6. The Hall–Kier alpha value is -2.52. The normalized spacial score (nSPS) is 14.8. The van der Waals surface area contributed by atoms with Gasteiger partial charge in [-0.05, 0) is 82.9 Å². The number of carbonyl (C=O) groups is 5. The van der Waals surface area contributed by atoms with Gasteiger partial charge in [0, 0.05) is 0 Å². The fourth-order valence-corrected chi connectivity index (χ4v) is 3.01. The zero-order valence-electron chi connectivity index (χ0n) is 25.2. The van der Waals surface area contributed by atoms with E-state index in [0.717, 1.165) is 0 Å². The van der Waals surface area contributed by atoms with E-state index in [0.29, 0.717) is 0 Å². The van der Waals surface area contributed by atoms with Crippen LogP contribution >= 0.6 is 22.6 Å². The molecule has 0 aliphatic rings. The highest BCUT2D eigenvalue weighted by Gasteiger charge is 2.32. The minimum absolute atomic E-state index is 0.368. The van der Waals surface area contributed by atoms with Gasteiger partial charge in [-0.15, -0.1) is 0 Å². The number of alkyl halides is 1. The summed E-state index contributed by atoms with van der Waals surface area (Å²) >= 11 is 1.84. The number of alkyl carbamates (subject to hydrolysis) is 2. The lowest BCUT2D eigenvalue weighted by Gasteiger charge is -2.26. The molecular formula is C26H45IN2O11. The van der Waals surface area contributed by atoms with Crippen molar-refractivity contribution >= 4 is 52.9 Å². The molecule has 0 aromatic rings. The quantitative estimate of drug-likeness (QED) is 0.129. The zero-order valence-corrected chi connectivity index (χ0v) is 27.4. The summed E-state index contributed by atoms with van der Waals surface area (Å²) in [7, 11) is 0. The minimum Gasteiger partial charge on any atom is -0.460 e. The van der Waals surface area contributed by atoms with Crippen molar-refractivity contribution in [2.75, 3.05) is 13.2 Å². The highest BCUT2D eigenvalue weighted by molar-refractivity contribution is 14.1. The van der Waals surface area contributed by atoms with Gasteiger partial charge in [-0.25, -0.2) is 24.0 Å². The van der Waals surface area contributed by atoms with Crippen molar-refractivity contribution in [3.8, 4) is 0 Å². The van der Waals surface area contributed by atoms with Crippen molar-refractivity contribution in [1.29, 1.82) is 0 Å². The van der Waals surface area contributed by atoms with Crippen LogP contribution in [0.3, 0.4) is 0 Å². The Morgan fingerprint density at radius 1 is 0.650 bits per heavy atom. The average Bonchev–Trinajstić information content (AvgIpc) is 2.73. The summed E-state index contributed by atoms with van der Waals surface area (Å²) in [6.07, 6.45) is -3.93. The van der Waals surface area contributed by atoms with Crippen molar-refractivity contribution in [2.45, 2.75) is 110 Å². The summed E-state index contributed by atoms with van der Waals surface area (Å²) < 4.78 is 30.6. The molecular weight excluding hydrogens is 643 g/mol. The number of carbonyl (C=O) groups excluding carboxylic acids is 5. The fraction of sp³-hybridized carbons (Fsp3) is 0.808. The van der Waals surface area contributed by atoms with Crippen molar-refractivity contribution < 1.29 is 52.4 Å². The van der Waals surface area contributed by atoms with Crippen molar-refractivity contribution in [1.82, 2.24) is 10.6 Å². The van der Waals surface area contributed by atoms with Crippen molar-refractivity contribution in [3.05, 3.63) is 0 Å². The topological polar surface area (TPSA) is 165 Å². The third kappa shape index (κ3) is 17.2. The molecule has 0 aromatic heterocycles. The van der Waals surface area contributed by atoms with E-state index in [4.69, 9.17) is 28.4 Å². The summed E-state index contributed by atoms with van der Waals surface area (Å²) in [6.45, 7) is 17.5. The molecule has 0 radical (unpaired) electrons. The monoisotopic (exact) mass is 688 g/mol. The van der Waals surface area contributed by atoms with Gasteiger partial charge in [0.2, 0.25) is 0 Å². The van der Waals surface area contributed by atoms with Crippen molar-refractivity contribution in [3.63, 3.8) is 0 Å². The smallest absolute Gasteiger partial charge is 0.460 e. The number of hydrogen-bond donors (Lipinski definition) is 2. The first-order valence-corrected chi connectivity index (χ1v) is 14.2. The van der Waals surface area contributed by atoms with E-state index >= 15 is 0 Å². The Kier molecular flexibility index (Phi) is 15.6. The van der Waals surface area contributed by atoms with E-state index in [1.807, 2.05) is 22.6 Å². The van der Waals surface area contributed by atoms with Crippen LogP contribution in [0.1, 0.15) is 76.2 Å². The lowest BCUT2D eigenvalue weighted by atomic mass is 10.1. The van der Waals surface area contributed by atoms with Crippen LogP contribution < -0.4 is 10.6 Å². The van der Waals surface area contributed by atoms with Gasteiger partial charge in [0.1, 0.15) is 36.5 Å². The van der Waals surface area contributed by atoms with E-state index < -0.39 is 77.0 Å². The molecule has 0 heterocycles. The predicted molar refractivity (Wildman–Crippen MR) is 153 cm³/mol. The molecule has 2 N–H and O–H groups in total. The highest BCUT2D eigenvalue weighted by Crippen LogP contribution is 2.13. The SMILES string of the molecule is CC(I)OC(=O)OC(COC(=O)C(NC(=O)OC(C)(C)C)C(C)C)COC(=O)C(NC(=O)OC(C)(C)C)C(C)C. The molecule has 232 valence electrons. The summed E-state index contributed by atoms with van der Waals surface area (Å²) in [4.78, 5) is 62.1. The summed E-state index contributed by atoms with van der Waals surface area (Å²) in [5, 5.41) is 4.94. The fourth-order valence-electron chi connectivity index (χ4n) is 2.81. The van der Waals surface area contributed by atoms with Gasteiger partial charge in [0.05, 0.1) is 0 Å². The summed E-state index contributed by atoms with van der Waals surface area (Å²) in [5.74, 6) is -2.37. The van der Waals surface area contributed by atoms with Crippen LogP contribution in [-0.2, 0) is 38.0 Å². The van der Waals surface area contributed by atoms with Crippen LogP contribution in [0.25, 0.3) is 0 Å². The van der Waals surface area contributed by atoms with Gasteiger partial charge in [-0.1, -0.05) is 27.7 Å². The Balaban J connectivity index is 5.45. The third-order valence-corrected chi connectivity index (χ3v) is 4.78. The van der Waals surface area contributed by atoms with E-state index in [1.165, 1.54) is 0 Å². The lowest BCUT2D eigenvalue weighted by Crippen LogP contribution is -2.48. The number of ether oxygens (including phenoxy) is 6. The second kappa shape index (κ2) is 16.7. The molecule has 0 saturated heterocycles. The molecule has 0 aliphatic heterocycles. The van der Waals surface area contributed by atoms with Crippen molar-refractivity contribution in [2.24, 2.45) is 11.8 Å². The standard InChI is InChI=1S/C26H45IN2O11/c1-14(2)18(28-22(32)39-25(6,7)8)20(30)35-12-17(38-24(34)37-16(5)27)13-36-21(31)19(15(3)4)29-23(33)40-26(9,10)11/h14-19H,12-13H2,1-11H3,(H,28,32)(H,29,33). The van der Waals surface area contributed by atoms with Gasteiger partial charge >= 0.3 is 30.3 Å². The van der Waals surface area contributed by atoms with E-state index in [2.05, 4.69) is 10.6 Å². The zero-order chi connectivity index (χ0) is 31.4. The van der Waals surface area contributed by atoms with Crippen LogP contribution in [0.15, 0.2) is 0 Å². The first-order chi connectivity index (χ1) is 18.1. The van der Waals surface area contributed by atoms with Gasteiger partial charge in [-0.3, -0.25) is 0 Å². The maximum Gasteiger partial charge on any atom is 0.509 e. The van der Waals surface area contributed by atoms with E-state index in [1.54, 1.807) is 76.2 Å². The Labute approximate surface area is 250 Å². The Morgan fingerprint density at radius 2 is 1.00 bits per heavy atom. The van der Waals surface area contributed by atoms with E-state index in [-0.39, 0.29) is 11.8 Å². The van der Waals surface area contributed by atoms with Crippen LogP contribution in [0.5, 0.6) is 0 Å². The molecule has 0 fully saturated rings. The molecule has 2 amide bonds. The maximum absolute atomic E-state index is 12.8. The van der Waals surface area contributed by atoms with Crippen LogP contribution in [0.2, 0.25) is 0 Å². The maximum atomic E-state index is 12.8. The number of halogens is 1. The first kappa shape index (κ1) is 37.5. The van der Waals surface area contributed by atoms with E-state index in [9.17, 15) is 24.0 Å². The number of nitrogens with one attached hydrogen (secondary N) is 2.